The van der Waals surface area contributed by atoms with Gasteiger partial charge in [-0.2, -0.15) is 0 Å². The summed E-state index contributed by atoms with van der Waals surface area (Å²) in [6.07, 6.45) is 1.74. The number of amides is 4. The molecular weight excluding hydrogens is 646 g/mol. The number of anilines is 2. The van der Waals surface area contributed by atoms with Gasteiger partial charge in [0.15, 0.2) is 21.2 Å². The molecule has 6 atom stereocenters. The molecule has 1 N–H and O–H groups in total. The Morgan fingerprint density at radius 3 is 2.22 bits per heavy atom. The minimum Gasteiger partial charge on any atom is -0.503 e. The Bertz CT molecular complexity index is 1840. The normalized spacial score (nSPS) is 30.6. The Morgan fingerprint density at radius 1 is 0.889 bits per heavy atom. The molecule has 7 rings (SSSR count). The van der Waals surface area contributed by atoms with Crippen molar-refractivity contribution in [2.24, 2.45) is 17.8 Å². The van der Waals surface area contributed by atoms with E-state index in [9.17, 15) is 28.7 Å². The van der Waals surface area contributed by atoms with Gasteiger partial charge in [0.05, 0.1) is 35.3 Å². The molecule has 4 aliphatic rings. The number of nitrogens with zero attached hydrogens (tertiary/aromatic N) is 2. The van der Waals surface area contributed by atoms with Crippen molar-refractivity contribution in [2.45, 2.75) is 28.5 Å². The number of hydrogen-bond acceptors (Lipinski definition) is 6. The number of hydrogen-bond donors (Lipinski definition) is 1. The van der Waals surface area contributed by atoms with E-state index in [-0.39, 0.29) is 41.0 Å². The van der Waals surface area contributed by atoms with Crippen molar-refractivity contribution < 1.29 is 33.4 Å². The van der Waals surface area contributed by atoms with Crippen molar-refractivity contribution in [2.75, 3.05) is 16.9 Å². The lowest BCUT2D eigenvalue weighted by Crippen LogP contribution is -2.60. The molecule has 0 spiro atoms. The number of fused-ring (bicyclic) bond motifs is 4. The van der Waals surface area contributed by atoms with Gasteiger partial charge in [0, 0.05) is 5.92 Å². The van der Waals surface area contributed by atoms with Crippen molar-refractivity contribution in [3.05, 3.63) is 94.8 Å². The zero-order chi connectivity index (χ0) is 32.0. The fourth-order valence-electron chi connectivity index (χ4n) is 7.52. The highest BCUT2D eigenvalue weighted by molar-refractivity contribution is 6.58. The van der Waals surface area contributed by atoms with Crippen molar-refractivity contribution >= 4 is 69.8 Å². The van der Waals surface area contributed by atoms with Crippen LogP contribution in [-0.2, 0) is 19.2 Å². The second-order valence-electron chi connectivity index (χ2n) is 11.7. The van der Waals surface area contributed by atoms with Crippen LogP contribution in [0, 0.1) is 23.6 Å². The number of carbonyl (C=O) groups is 4. The van der Waals surface area contributed by atoms with E-state index in [1.165, 1.54) is 31.4 Å². The Balaban J connectivity index is 1.43. The molecular formula is C33H24Cl3FN2O6. The predicted molar refractivity (Wildman–Crippen MR) is 165 cm³/mol. The molecule has 12 heteroatoms. The maximum absolute atomic E-state index is 14.4. The van der Waals surface area contributed by atoms with Gasteiger partial charge in [-0.3, -0.25) is 24.1 Å². The summed E-state index contributed by atoms with van der Waals surface area (Å²) in [6, 6.07) is 16.2. The van der Waals surface area contributed by atoms with Crippen molar-refractivity contribution in [3.8, 4) is 11.5 Å². The van der Waals surface area contributed by atoms with Gasteiger partial charge in [0.1, 0.15) is 5.82 Å². The minimum absolute atomic E-state index is 0.0103. The van der Waals surface area contributed by atoms with Gasteiger partial charge >= 0.3 is 0 Å². The highest BCUT2D eigenvalue weighted by atomic mass is 35.5. The van der Waals surface area contributed by atoms with Crippen molar-refractivity contribution in [1.82, 2.24) is 0 Å². The molecule has 3 aromatic rings. The first-order chi connectivity index (χ1) is 21.4. The Kier molecular flexibility index (Phi) is 6.82. The van der Waals surface area contributed by atoms with Gasteiger partial charge < -0.3 is 9.84 Å². The average molecular weight is 670 g/mol. The molecule has 4 amide bonds. The number of imide groups is 2. The maximum atomic E-state index is 14.4. The van der Waals surface area contributed by atoms with Crippen LogP contribution in [0.2, 0.25) is 5.02 Å². The number of halogens is 4. The third-order valence-corrected chi connectivity index (χ3v) is 11.2. The zero-order valence-electron chi connectivity index (χ0n) is 23.5. The Morgan fingerprint density at radius 2 is 1.56 bits per heavy atom. The smallest absolute Gasteiger partial charge is 0.258 e. The summed E-state index contributed by atoms with van der Waals surface area (Å²) < 4.78 is 19.2. The van der Waals surface area contributed by atoms with E-state index in [1.54, 1.807) is 36.4 Å². The number of rotatable bonds is 4. The summed E-state index contributed by atoms with van der Waals surface area (Å²) in [5, 5.41) is 10.4. The lowest BCUT2D eigenvalue weighted by Gasteiger charge is -2.50. The number of benzene rings is 3. The fraction of sp³-hybridized carbons (Fsp3) is 0.273. The van der Waals surface area contributed by atoms with Crippen molar-refractivity contribution in [3.63, 3.8) is 0 Å². The largest absolute Gasteiger partial charge is 0.503 e. The van der Waals surface area contributed by atoms with Gasteiger partial charge in [0.2, 0.25) is 11.8 Å². The van der Waals surface area contributed by atoms with Crippen LogP contribution in [0.3, 0.4) is 0 Å². The van der Waals surface area contributed by atoms with Gasteiger partial charge in [-0.05, 0) is 72.9 Å². The molecule has 0 aromatic heterocycles. The molecule has 2 heterocycles. The molecule has 6 unspecified atom stereocenters. The van der Waals surface area contributed by atoms with Crippen LogP contribution < -0.4 is 14.5 Å². The number of ether oxygens (including phenoxy) is 1. The standard InChI is InChI=1S/C33H24Cl3FN2O6/c1-45-24-14-16(13-23(34)27(24)40)26-20-11-12-21-25(29(42)38(28(21)41)18-5-3-2-4-6-18)22(20)15-32(35)30(43)39(31(44)33(26,32)36)19-9-7-17(37)8-10-19/h2-11,13-14,21-22,25-26,40H,12,15H2,1H3. The molecule has 45 heavy (non-hydrogen) atoms. The molecule has 0 bridgehead atoms. The first kappa shape index (κ1) is 29.8. The number of para-hydroxylation sites is 1. The number of alkyl halides is 2. The Labute approximate surface area is 271 Å². The third-order valence-electron chi connectivity index (χ3n) is 9.51. The number of phenolic OH excluding ortho intramolecular Hbond substituents is 1. The molecule has 2 saturated heterocycles. The van der Waals surface area contributed by atoms with E-state index >= 15 is 0 Å². The summed E-state index contributed by atoms with van der Waals surface area (Å²) in [4.78, 5) is 54.3. The summed E-state index contributed by atoms with van der Waals surface area (Å²) in [5.41, 5.74) is 1.35. The average Bonchev–Trinajstić information content (AvgIpc) is 3.37. The number of carbonyl (C=O) groups excluding carboxylic acids is 4. The van der Waals surface area contributed by atoms with Crippen molar-refractivity contribution in [1.29, 1.82) is 0 Å². The summed E-state index contributed by atoms with van der Waals surface area (Å²) in [6.45, 7) is 0. The van der Waals surface area contributed by atoms with Crippen LogP contribution in [0.15, 0.2) is 78.4 Å². The first-order valence-corrected chi connectivity index (χ1v) is 15.3. The predicted octanol–water partition coefficient (Wildman–Crippen LogP) is 5.96. The molecule has 3 aromatic carbocycles. The second-order valence-corrected chi connectivity index (χ2v) is 13.3. The highest BCUT2D eigenvalue weighted by Crippen LogP contribution is 2.66. The molecule has 0 radical (unpaired) electrons. The molecule has 3 fully saturated rings. The zero-order valence-corrected chi connectivity index (χ0v) is 25.8. The van der Waals surface area contributed by atoms with Gasteiger partial charge in [-0.1, -0.05) is 41.4 Å². The summed E-state index contributed by atoms with van der Waals surface area (Å²) >= 11 is 21.1. The van der Waals surface area contributed by atoms with E-state index in [0.717, 1.165) is 21.9 Å². The van der Waals surface area contributed by atoms with E-state index in [0.29, 0.717) is 16.8 Å². The topological polar surface area (TPSA) is 104 Å². The van der Waals surface area contributed by atoms with E-state index in [1.807, 2.05) is 0 Å². The van der Waals surface area contributed by atoms with Crippen LogP contribution in [0.25, 0.3) is 0 Å². The summed E-state index contributed by atoms with van der Waals surface area (Å²) in [5.74, 6) is -6.95. The van der Waals surface area contributed by atoms with E-state index in [4.69, 9.17) is 39.5 Å². The van der Waals surface area contributed by atoms with E-state index < -0.39 is 57.0 Å². The molecule has 2 aliphatic carbocycles. The lowest BCUT2D eigenvalue weighted by molar-refractivity contribution is -0.125. The quantitative estimate of drug-likeness (QED) is 0.209. The summed E-state index contributed by atoms with van der Waals surface area (Å²) in [7, 11) is 1.33. The molecule has 8 nitrogen and oxygen atoms in total. The van der Waals surface area contributed by atoms with Gasteiger partial charge in [-0.15, -0.1) is 23.2 Å². The number of methoxy groups -OCH3 is 1. The fourth-order valence-corrected chi connectivity index (χ4v) is 8.67. The van der Waals surface area contributed by atoms with Gasteiger partial charge in [0.25, 0.3) is 11.8 Å². The highest BCUT2D eigenvalue weighted by Gasteiger charge is 2.76. The SMILES string of the molecule is COc1cc(C2C3=CCC4C(=O)N(c5ccccc5)C(=O)C4C3CC3(Cl)C(=O)N(c4ccc(F)cc4)C(=O)C23Cl)cc(Cl)c1O. The van der Waals surface area contributed by atoms with Crippen LogP contribution >= 0.6 is 34.8 Å². The number of allylic oxidation sites excluding steroid dienone is 2. The van der Waals surface area contributed by atoms with E-state index in [2.05, 4.69) is 0 Å². The molecule has 2 aliphatic heterocycles. The van der Waals surface area contributed by atoms with Crippen LogP contribution in [0.4, 0.5) is 15.8 Å². The van der Waals surface area contributed by atoms with Crippen LogP contribution in [0.5, 0.6) is 11.5 Å². The van der Waals surface area contributed by atoms with Crippen LogP contribution in [0.1, 0.15) is 24.3 Å². The second kappa shape index (κ2) is 10.3. The molecule has 230 valence electrons. The first-order valence-electron chi connectivity index (χ1n) is 14.2. The van der Waals surface area contributed by atoms with Gasteiger partial charge in [-0.25, -0.2) is 9.29 Å². The number of aromatic hydroxyl groups is 1. The lowest BCUT2D eigenvalue weighted by atomic mass is 9.56. The van der Waals surface area contributed by atoms with Crippen LogP contribution in [-0.4, -0.2) is 45.6 Å². The molecule has 1 saturated carbocycles. The Hall–Kier alpha value is -3.92. The maximum Gasteiger partial charge on any atom is 0.258 e. The number of phenols is 1. The minimum atomic E-state index is -2.15. The monoisotopic (exact) mass is 668 g/mol. The third kappa shape index (κ3) is 3.96.